The fraction of sp³-hybridized carbons (Fsp3) is 0.148. The number of fused-ring (bicyclic) bond motifs is 2. The summed E-state index contributed by atoms with van der Waals surface area (Å²) in [6.07, 6.45) is 6.88. The molecule has 0 unspecified atom stereocenters. The van der Waals surface area contributed by atoms with Crippen LogP contribution in [0, 0.1) is 5.82 Å². The summed E-state index contributed by atoms with van der Waals surface area (Å²) in [5.41, 5.74) is 7.37. The smallest absolute Gasteiger partial charge is 0.161 e. The van der Waals surface area contributed by atoms with Crippen LogP contribution in [0.3, 0.4) is 0 Å². The fourth-order valence-corrected chi connectivity index (χ4v) is 4.27. The van der Waals surface area contributed by atoms with Gasteiger partial charge in [-0.05, 0) is 62.1 Å². The van der Waals surface area contributed by atoms with E-state index in [1.807, 2.05) is 44.4 Å². The molecule has 9 nitrogen and oxygen atoms in total. The van der Waals surface area contributed by atoms with Gasteiger partial charge in [-0.2, -0.15) is 5.10 Å². The molecule has 0 spiro atoms. The lowest BCUT2D eigenvalue weighted by molar-refractivity contribution is 0.425. The number of anilines is 1. The summed E-state index contributed by atoms with van der Waals surface area (Å²) in [6.45, 7) is 1.53. The van der Waals surface area contributed by atoms with E-state index in [1.54, 1.807) is 24.8 Å². The van der Waals surface area contributed by atoms with Crippen molar-refractivity contribution in [1.29, 1.82) is 0 Å². The molecule has 37 heavy (non-hydrogen) atoms. The molecule has 0 aliphatic carbocycles. The molecule has 6 rings (SSSR count). The highest BCUT2D eigenvalue weighted by Gasteiger charge is 2.17. The third-order valence-corrected chi connectivity index (χ3v) is 6.10. The fourth-order valence-electron chi connectivity index (χ4n) is 4.27. The molecule has 0 fully saturated rings. The van der Waals surface area contributed by atoms with Crippen LogP contribution in [0.4, 0.5) is 10.1 Å². The van der Waals surface area contributed by atoms with Crippen LogP contribution in [-0.2, 0) is 0 Å². The number of imidazole rings is 1. The number of pyridine rings is 3. The average Bonchev–Trinajstić information content (AvgIpc) is 3.52. The molecular formula is C27H24FN9. The Morgan fingerprint density at radius 1 is 0.892 bits per heavy atom. The normalized spacial score (nSPS) is 11.6. The monoisotopic (exact) mass is 493 g/mol. The molecule has 5 aromatic heterocycles. The number of hydrogen-bond donors (Lipinski definition) is 3. The van der Waals surface area contributed by atoms with Gasteiger partial charge in [0.25, 0.3) is 0 Å². The molecule has 0 aliphatic heterocycles. The number of nitrogens with one attached hydrogen (secondary N) is 3. The van der Waals surface area contributed by atoms with Gasteiger partial charge in [-0.1, -0.05) is 0 Å². The Morgan fingerprint density at radius 3 is 2.59 bits per heavy atom. The third-order valence-electron chi connectivity index (χ3n) is 6.10. The molecule has 6 aromatic rings. The maximum Gasteiger partial charge on any atom is 0.161 e. The lowest BCUT2D eigenvalue weighted by Gasteiger charge is -2.12. The summed E-state index contributed by atoms with van der Waals surface area (Å²) >= 11 is 0. The number of rotatable bonds is 7. The van der Waals surface area contributed by atoms with Gasteiger partial charge in [-0.25, -0.2) is 14.4 Å². The minimum Gasteiger partial charge on any atom is -0.384 e. The van der Waals surface area contributed by atoms with Crippen LogP contribution in [0.5, 0.6) is 0 Å². The van der Waals surface area contributed by atoms with Gasteiger partial charge in [0.2, 0.25) is 0 Å². The van der Waals surface area contributed by atoms with E-state index in [0.29, 0.717) is 40.3 Å². The number of H-pyrrole nitrogens is 2. The van der Waals surface area contributed by atoms with E-state index in [4.69, 9.17) is 9.97 Å². The van der Waals surface area contributed by atoms with Crippen molar-refractivity contribution in [3.8, 4) is 33.9 Å². The van der Waals surface area contributed by atoms with Crippen molar-refractivity contribution in [3.05, 3.63) is 73.1 Å². The van der Waals surface area contributed by atoms with Crippen molar-refractivity contribution in [2.45, 2.75) is 0 Å². The zero-order chi connectivity index (χ0) is 25.4. The summed E-state index contributed by atoms with van der Waals surface area (Å²) in [4.78, 5) is 23.5. The Hall–Kier alpha value is -4.70. The Labute approximate surface area is 211 Å². The first-order valence-corrected chi connectivity index (χ1v) is 11.8. The van der Waals surface area contributed by atoms with Gasteiger partial charge in [-0.3, -0.25) is 15.1 Å². The van der Waals surface area contributed by atoms with E-state index in [1.165, 1.54) is 12.1 Å². The Balaban J connectivity index is 1.41. The van der Waals surface area contributed by atoms with E-state index in [0.717, 1.165) is 34.4 Å². The predicted molar refractivity (Wildman–Crippen MR) is 142 cm³/mol. The van der Waals surface area contributed by atoms with Crippen LogP contribution in [0.25, 0.3) is 56.0 Å². The van der Waals surface area contributed by atoms with Crippen molar-refractivity contribution >= 4 is 27.8 Å². The van der Waals surface area contributed by atoms with Crippen molar-refractivity contribution in [1.82, 2.24) is 40.0 Å². The topological polar surface area (TPSA) is 111 Å². The zero-order valence-corrected chi connectivity index (χ0v) is 20.3. The lowest BCUT2D eigenvalue weighted by Crippen LogP contribution is -2.20. The van der Waals surface area contributed by atoms with Crippen LogP contribution in [-0.4, -0.2) is 67.2 Å². The van der Waals surface area contributed by atoms with Gasteiger partial charge in [0.1, 0.15) is 11.3 Å². The second-order valence-electron chi connectivity index (χ2n) is 9.03. The van der Waals surface area contributed by atoms with Gasteiger partial charge < -0.3 is 15.2 Å². The van der Waals surface area contributed by atoms with E-state index in [9.17, 15) is 4.39 Å². The molecule has 5 heterocycles. The molecule has 0 amide bonds. The van der Waals surface area contributed by atoms with Crippen molar-refractivity contribution in [2.24, 2.45) is 0 Å². The largest absolute Gasteiger partial charge is 0.384 e. The summed E-state index contributed by atoms with van der Waals surface area (Å²) < 4.78 is 14.6. The van der Waals surface area contributed by atoms with E-state index < -0.39 is 0 Å². The van der Waals surface area contributed by atoms with Crippen LogP contribution < -0.4 is 5.32 Å². The lowest BCUT2D eigenvalue weighted by atomic mass is 10.1. The first-order valence-electron chi connectivity index (χ1n) is 11.8. The Morgan fingerprint density at radius 2 is 1.76 bits per heavy atom. The SMILES string of the molecule is CN(C)CCNc1cc(F)cc(-c2cncc3[nH]c(-c4n[nH]c5ccc(-c6ccncc6)nc45)nc23)c1. The molecule has 0 bridgehead atoms. The zero-order valence-electron chi connectivity index (χ0n) is 20.3. The van der Waals surface area contributed by atoms with Gasteiger partial charge in [0, 0.05) is 48.5 Å². The molecule has 0 saturated carbocycles. The number of nitrogens with zero attached hydrogens (tertiary/aromatic N) is 6. The molecule has 10 heteroatoms. The van der Waals surface area contributed by atoms with Gasteiger partial charge in [-0.15, -0.1) is 0 Å². The van der Waals surface area contributed by atoms with Crippen molar-refractivity contribution in [2.75, 3.05) is 32.5 Å². The van der Waals surface area contributed by atoms with Crippen molar-refractivity contribution in [3.63, 3.8) is 0 Å². The quantitative estimate of drug-likeness (QED) is 0.295. The Bertz CT molecular complexity index is 1710. The number of hydrogen-bond acceptors (Lipinski definition) is 7. The number of aromatic nitrogens is 7. The first kappa shape index (κ1) is 22.7. The summed E-state index contributed by atoms with van der Waals surface area (Å²) in [5.74, 6) is 0.222. The molecule has 0 atom stereocenters. The molecule has 1 aromatic carbocycles. The maximum absolute atomic E-state index is 14.6. The molecular weight excluding hydrogens is 469 g/mol. The standard InChI is InChI=1S/C27H24FN9/c1-37(2)10-9-31-19-12-17(11-18(28)13-19)20-14-30-15-23-24(20)34-27(33-23)26-25-22(35-36-26)4-3-21(32-25)16-5-7-29-8-6-16/h3-8,11-15,31H,9-10H2,1-2H3,(H,33,34)(H,35,36). The molecule has 184 valence electrons. The molecule has 0 saturated heterocycles. The second kappa shape index (κ2) is 9.40. The number of benzene rings is 1. The highest BCUT2D eigenvalue weighted by Crippen LogP contribution is 2.32. The average molecular weight is 494 g/mol. The van der Waals surface area contributed by atoms with Crippen LogP contribution >= 0.6 is 0 Å². The minimum absolute atomic E-state index is 0.330. The van der Waals surface area contributed by atoms with Crippen LogP contribution in [0.1, 0.15) is 0 Å². The van der Waals surface area contributed by atoms with E-state index in [2.05, 4.69) is 35.4 Å². The summed E-state index contributed by atoms with van der Waals surface area (Å²) in [7, 11) is 4.00. The Kier molecular flexibility index (Phi) is 5.78. The van der Waals surface area contributed by atoms with Crippen molar-refractivity contribution < 1.29 is 4.39 Å². The third kappa shape index (κ3) is 4.50. The predicted octanol–water partition coefficient (Wildman–Crippen LogP) is 4.74. The molecule has 0 aliphatic rings. The van der Waals surface area contributed by atoms with Gasteiger partial charge in [0.05, 0.1) is 28.4 Å². The van der Waals surface area contributed by atoms with Crippen LogP contribution in [0.2, 0.25) is 0 Å². The highest BCUT2D eigenvalue weighted by molar-refractivity contribution is 5.96. The summed E-state index contributed by atoms with van der Waals surface area (Å²) in [5, 5.41) is 10.8. The minimum atomic E-state index is -0.330. The number of likely N-dealkylation sites (N-methyl/N-ethyl adjacent to an activating group) is 1. The van der Waals surface area contributed by atoms with Gasteiger partial charge >= 0.3 is 0 Å². The van der Waals surface area contributed by atoms with E-state index >= 15 is 0 Å². The molecule has 3 N–H and O–H groups in total. The first-order chi connectivity index (χ1) is 18.0. The maximum atomic E-state index is 14.6. The number of aromatic amines is 2. The van der Waals surface area contributed by atoms with E-state index in [-0.39, 0.29) is 5.82 Å². The second-order valence-corrected chi connectivity index (χ2v) is 9.03. The van der Waals surface area contributed by atoms with Gasteiger partial charge in [0.15, 0.2) is 11.5 Å². The van der Waals surface area contributed by atoms with Crippen LogP contribution in [0.15, 0.2) is 67.3 Å². The highest BCUT2D eigenvalue weighted by atomic mass is 19.1. The number of halogens is 1. The molecule has 0 radical (unpaired) electrons. The summed E-state index contributed by atoms with van der Waals surface area (Å²) in [6, 6.07) is 12.6.